The van der Waals surface area contributed by atoms with Gasteiger partial charge in [0.25, 0.3) is 0 Å². The molecule has 29 heavy (non-hydrogen) atoms. The van der Waals surface area contributed by atoms with E-state index in [9.17, 15) is 4.79 Å². The van der Waals surface area contributed by atoms with Gasteiger partial charge in [-0.05, 0) is 65.2 Å². The molecule has 0 aliphatic rings. The monoisotopic (exact) mass is 395 g/mol. The van der Waals surface area contributed by atoms with Crippen LogP contribution in [0.1, 0.15) is 48.0 Å². The second-order valence-corrected chi connectivity index (χ2v) is 6.65. The van der Waals surface area contributed by atoms with Crippen LogP contribution in [0.2, 0.25) is 0 Å². The number of rotatable bonds is 12. The first-order chi connectivity index (χ1) is 13.9. The number of carbonyl (C=O) groups excluding carboxylic acids is 1. The fourth-order valence-corrected chi connectivity index (χ4v) is 2.55. The van der Waals surface area contributed by atoms with Crippen molar-refractivity contribution < 1.29 is 4.79 Å². The van der Waals surface area contributed by atoms with Crippen LogP contribution in [0.4, 0.5) is 0 Å². The summed E-state index contributed by atoms with van der Waals surface area (Å²) in [5.41, 5.74) is 2.11. The summed E-state index contributed by atoms with van der Waals surface area (Å²) in [5.74, 6) is 0.136. The minimum atomic E-state index is -0.483. The van der Waals surface area contributed by atoms with Crippen LogP contribution in [-0.2, 0) is 4.79 Å². The first kappa shape index (κ1) is 26.3. The second-order valence-electron chi connectivity index (χ2n) is 6.65. The quantitative estimate of drug-likeness (QED) is 0.336. The molecule has 1 unspecified atom stereocenters. The van der Waals surface area contributed by atoms with Gasteiger partial charge in [0.15, 0.2) is 0 Å². The minimum Gasteiger partial charge on any atom is -0.310 e. The molecule has 0 radical (unpaired) electrons. The van der Waals surface area contributed by atoms with E-state index in [2.05, 4.69) is 41.3 Å². The fraction of sp³-hybridized carbons (Fsp3) is 0.360. The number of nitrogens with zero attached hydrogens (tertiary/aromatic N) is 1. The zero-order chi connectivity index (χ0) is 22.1. The molecule has 4 nitrogen and oxygen atoms in total. The highest BCUT2D eigenvalue weighted by Gasteiger charge is 2.22. The Hall–Kier alpha value is -2.72. The fourth-order valence-electron chi connectivity index (χ4n) is 2.55. The van der Waals surface area contributed by atoms with E-state index in [4.69, 9.17) is 0 Å². The number of allylic oxidation sites excluding steroid dienone is 10. The molecule has 0 aromatic rings. The third kappa shape index (κ3) is 12.4. The van der Waals surface area contributed by atoms with Gasteiger partial charge in [-0.25, -0.2) is 4.99 Å². The predicted molar refractivity (Wildman–Crippen MR) is 128 cm³/mol. The molecule has 2 N–H and O–H groups in total. The number of hydrogen-bond donors (Lipinski definition) is 2. The number of nitrogens with one attached hydrogen (secondary N) is 2. The van der Waals surface area contributed by atoms with Crippen LogP contribution in [-0.4, -0.2) is 24.2 Å². The van der Waals surface area contributed by atoms with Gasteiger partial charge in [-0.15, -0.1) is 0 Å². The van der Waals surface area contributed by atoms with Crippen LogP contribution < -0.4 is 10.6 Å². The third-order valence-corrected chi connectivity index (χ3v) is 3.92. The summed E-state index contributed by atoms with van der Waals surface area (Å²) < 4.78 is 0. The Morgan fingerprint density at radius 1 is 1.00 bits per heavy atom. The van der Waals surface area contributed by atoms with E-state index < -0.39 is 6.04 Å². The maximum Gasteiger partial charge on any atom is 0.246 e. The zero-order valence-electron chi connectivity index (χ0n) is 18.8. The van der Waals surface area contributed by atoms with Crippen LogP contribution in [0.5, 0.6) is 0 Å². The van der Waals surface area contributed by atoms with Crippen molar-refractivity contribution >= 4 is 12.1 Å². The van der Waals surface area contributed by atoms with Gasteiger partial charge in [-0.3, -0.25) is 10.1 Å². The summed E-state index contributed by atoms with van der Waals surface area (Å²) >= 11 is 0. The molecular weight excluding hydrogens is 358 g/mol. The Morgan fingerprint density at radius 2 is 1.62 bits per heavy atom. The minimum absolute atomic E-state index is 0.0900. The molecule has 0 heterocycles. The Balaban J connectivity index is 5.41. The van der Waals surface area contributed by atoms with Crippen LogP contribution >= 0.6 is 0 Å². The number of amides is 1. The summed E-state index contributed by atoms with van der Waals surface area (Å²) in [6, 6.07) is -0.393. The third-order valence-electron chi connectivity index (χ3n) is 3.92. The van der Waals surface area contributed by atoms with E-state index in [-0.39, 0.29) is 11.9 Å². The van der Waals surface area contributed by atoms with Crippen molar-refractivity contribution in [3.63, 3.8) is 0 Å². The van der Waals surface area contributed by atoms with E-state index >= 15 is 0 Å². The first-order valence-electron chi connectivity index (χ1n) is 10.0. The lowest BCUT2D eigenvalue weighted by atomic mass is 10.0. The largest absolute Gasteiger partial charge is 0.310 e. The van der Waals surface area contributed by atoms with Crippen molar-refractivity contribution in [3.05, 3.63) is 84.3 Å². The predicted octanol–water partition coefficient (Wildman–Crippen LogP) is 5.56. The van der Waals surface area contributed by atoms with Gasteiger partial charge in [-0.1, -0.05) is 61.3 Å². The van der Waals surface area contributed by atoms with Crippen LogP contribution in [0.25, 0.3) is 0 Å². The summed E-state index contributed by atoms with van der Waals surface area (Å²) in [5, 5.41) is 6.23. The van der Waals surface area contributed by atoms with Crippen LogP contribution in [0.15, 0.2) is 89.3 Å². The topological polar surface area (TPSA) is 53.5 Å². The molecule has 0 aliphatic carbocycles. The highest BCUT2D eigenvalue weighted by atomic mass is 16.2. The van der Waals surface area contributed by atoms with Gasteiger partial charge in [0.1, 0.15) is 11.9 Å². The molecule has 0 bridgehead atoms. The molecule has 0 rings (SSSR count). The van der Waals surface area contributed by atoms with Crippen molar-refractivity contribution in [1.29, 1.82) is 0 Å². The molecule has 0 saturated carbocycles. The van der Waals surface area contributed by atoms with E-state index in [1.165, 1.54) is 5.57 Å². The summed E-state index contributed by atoms with van der Waals surface area (Å²) in [6.07, 6.45) is 22.1. The highest BCUT2D eigenvalue weighted by molar-refractivity contribution is 5.86. The number of carbonyl (C=O) groups is 1. The maximum absolute atomic E-state index is 12.9. The Bertz CT molecular complexity index is 718. The molecule has 0 saturated heterocycles. The van der Waals surface area contributed by atoms with Crippen molar-refractivity contribution in [3.8, 4) is 0 Å². The zero-order valence-corrected chi connectivity index (χ0v) is 18.8. The molecule has 0 aromatic heterocycles. The molecule has 158 valence electrons. The molecule has 2 atom stereocenters. The molecule has 0 aliphatic heterocycles. The van der Waals surface area contributed by atoms with Gasteiger partial charge in [0.2, 0.25) is 5.91 Å². The molecule has 1 amide bonds. The van der Waals surface area contributed by atoms with Crippen LogP contribution in [0, 0.1) is 0 Å². The molecule has 0 fully saturated rings. The maximum atomic E-state index is 12.9. The lowest BCUT2D eigenvalue weighted by Crippen LogP contribution is -2.48. The Kier molecular flexibility index (Phi) is 14.7. The summed E-state index contributed by atoms with van der Waals surface area (Å²) in [6.45, 7) is 15.7. The molecule has 0 spiro atoms. The summed E-state index contributed by atoms with van der Waals surface area (Å²) in [7, 11) is 0. The van der Waals surface area contributed by atoms with E-state index in [1.807, 2.05) is 77.2 Å². The summed E-state index contributed by atoms with van der Waals surface area (Å²) in [4.78, 5) is 17.0. The van der Waals surface area contributed by atoms with Gasteiger partial charge in [0.05, 0.1) is 0 Å². The average Bonchev–Trinajstić information content (AvgIpc) is 2.68. The standard InChI is InChI=1S/C25H37N3O/c1-8-12-16-20(5)24(25(29)28-22(7)26-18-14-10-3)27-21(6)19-23(15-11-4)17-13-9-2/h8-18,21,24,27H,7,19H2,1-6H3,(H,28,29)/b12-8-,13-9-,14-10-,15-11-,20-16+,23-17+,26-18?/t21?,24-/m1/s1. The lowest BCUT2D eigenvalue weighted by Gasteiger charge is -2.24. The average molecular weight is 396 g/mol. The Labute approximate surface area is 177 Å². The molecule has 4 heteroatoms. The lowest BCUT2D eigenvalue weighted by molar-refractivity contribution is -0.121. The van der Waals surface area contributed by atoms with Crippen molar-refractivity contribution in [1.82, 2.24) is 10.6 Å². The van der Waals surface area contributed by atoms with E-state index in [1.54, 1.807) is 12.3 Å². The van der Waals surface area contributed by atoms with Crippen molar-refractivity contribution in [2.24, 2.45) is 4.99 Å². The smallest absolute Gasteiger partial charge is 0.246 e. The number of hydrogen-bond acceptors (Lipinski definition) is 3. The van der Waals surface area contributed by atoms with Crippen molar-refractivity contribution in [2.45, 2.75) is 60.0 Å². The van der Waals surface area contributed by atoms with E-state index in [0.717, 1.165) is 12.0 Å². The van der Waals surface area contributed by atoms with Crippen molar-refractivity contribution in [2.75, 3.05) is 0 Å². The highest BCUT2D eigenvalue weighted by Crippen LogP contribution is 2.12. The number of aliphatic imine (C=N–C) groups is 1. The molecular formula is C25H37N3O. The molecule has 0 aromatic carbocycles. The van der Waals surface area contributed by atoms with Gasteiger partial charge in [-0.2, -0.15) is 0 Å². The van der Waals surface area contributed by atoms with Gasteiger partial charge >= 0.3 is 0 Å². The Morgan fingerprint density at radius 3 is 2.21 bits per heavy atom. The normalized spacial score (nSPS) is 15.9. The van der Waals surface area contributed by atoms with Gasteiger partial charge < -0.3 is 5.32 Å². The van der Waals surface area contributed by atoms with Crippen LogP contribution in [0.3, 0.4) is 0 Å². The van der Waals surface area contributed by atoms with Gasteiger partial charge in [0, 0.05) is 12.3 Å². The SMILES string of the molecule is C=C(N=C/C=C\C)NC(=O)[C@H](NC(C)CC(/C=C\C)=C/C=C\C)/C(C)=C/C=C\C. The van der Waals surface area contributed by atoms with E-state index in [0.29, 0.717) is 5.82 Å². The second kappa shape index (κ2) is 16.3. The first-order valence-corrected chi connectivity index (χ1v) is 10.0.